The van der Waals surface area contributed by atoms with Crippen molar-refractivity contribution in [2.75, 3.05) is 4.31 Å². The highest BCUT2D eigenvalue weighted by Crippen LogP contribution is 2.33. The van der Waals surface area contributed by atoms with E-state index in [1.165, 1.54) is 22.3 Å². The third-order valence-corrected chi connectivity index (χ3v) is 3.59. The lowest BCUT2D eigenvalue weighted by molar-refractivity contribution is 1.29. The second kappa shape index (κ2) is 5.07. The van der Waals surface area contributed by atoms with E-state index in [1.54, 1.807) is 0 Å². The fourth-order valence-corrected chi connectivity index (χ4v) is 2.66. The average molecular weight is 257 g/mol. The van der Waals surface area contributed by atoms with Crippen LogP contribution >= 0.6 is 12.8 Å². The van der Waals surface area contributed by atoms with E-state index in [0.29, 0.717) is 0 Å². The molecule has 0 bridgehead atoms. The summed E-state index contributed by atoms with van der Waals surface area (Å²) < 4.78 is 1.96. The summed E-state index contributed by atoms with van der Waals surface area (Å²) in [5.41, 5.74) is 7.30. The van der Waals surface area contributed by atoms with Gasteiger partial charge in [0.1, 0.15) is 0 Å². The monoisotopic (exact) mass is 257 g/mol. The third-order valence-electron chi connectivity index (χ3n) is 3.16. The summed E-state index contributed by atoms with van der Waals surface area (Å²) in [5.74, 6) is 0. The minimum Gasteiger partial charge on any atom is -0.287 e. The lowest BCUT2D eigenvalue weighted by atomic mass is 10.1. The van der Waals surface area contributed by atoms with Crippen molar-refractivity contribution in [3.8, 4) is 0 Å². The van der Waals surface area contributed by atoms with E-state index in [9.17, 15) is 0 Å². The number of hydrogen-bond donors (Lipinski definition) is 1. The zero-order valence-electron chi connectivity index (χ0n) is 11.4. The number of rotatable bonds is 2. The minimum absolute atomic E-state index is 1.14. The molecule has 0 fully saturated rings. The van der Waals surface area contributed by atoms with E-state index < -0.39 is 0 Å². The van der Waals surface area contributed by atoms with Crippen molar-refractivity contribution in [1.29, 1.82) is 0 Å². The number of anilines is 2. The molecule has 0 aliphatic rings. The van der Waals surface area contributed by atoms with Crippen LogP contribution < -0.4 is 4.31 Å². The van der Waals surface area contributed by atoms with E-state index in [1.807, 2.05) is 4.31 Å². The first-order chi connectivity index (χ1) is 8.49. The third kappa shape index (κ3) is 2.54. The molecular formula is C16H19NS. The number of thiol groups is 1. The molecule has 0 aliphatic carbocycles. The molecule has 0 spiro atoms. The van der Waals surface area contributed by atoms with Gasteiger partial charge in [-0.05, 0) is 51.0 Å². The summed E-state index contributed by atoms with van der Waals surface area (Å²) in [5, 5.41) is 0. The van der Waals surface area contributed by atoms with Crippen molar-refractivity contribution >= 4 is 24.2 Å². The molecule has 0 aromatic heterocycles. The van der Waals surface area contributed by atoms with Gasteiger partial charge >= 0.3 is 0 Å². The van der Waals surface area contributed by atoms with Crippen molar-refractivity contribution in [3.05, 3.63) is 58.7 Å². The van der Waals surface area contributed by atoms with Crippen LogP contribution in [0.1, 0.15) is 22.3 Å². The summed E-state index contributed by atoms with van der Waals surface area (Å²) in [6.07, 6.45) is 0. The zero-order valence-corrected chi connectivity index (χ0v) is 12.3. The maximum atomic E-state index is 4.65. The molecule has 94 valence electrons. The van der Waals surface area contributed by atoms with Gasteiger partial charge < -0.3 is 0 Å². The van der Waals surface area contributed by atoms with E-state index in [4.69, 9.17) is 0 Å². The molecule has 18 heavy (non-hydrogen) atoms. The molecule has 0 saturated carbocycles. The van der Waals surface area contributed by atoms with E-state index in [0.717, 1.165) is 11.4 Å². The quantitative estimate of drug-likeness (QED) is 0.749. The predicted molar refractivity (Wildman–Crippen MR) is 83.0 cm³/mol. The first kappa shape index (κ1) is 13.0. The van der Waals surface area contributed by atoms with Gasteiger partial charge in [-0.2, -0.15) is 0 Å². The maximum Gasteiger partial charge on any atom is 0.0552 e. The van der Waals surface area contributed by atoms with Crippen LogP contribution in [0.25, 0.3) is 0 Å². The smallest absolute Gasteiger partial charge is 0.0552 e. The van der Waals surface area contributed by atoms with Crippen molar-refractivity contribution in [2.24, 2.45) is 0 Å². The molecule has 0 saturated heterocycles. The Kier molecular flexibility index (Phi) is 3.67. The van der Waals surface area contributed by atoms with E-state index in [-0.39, 0.29) is 0 Å². The number of aryl methyl sites for hydroxylation is 4. The Balaban J connectivity index is 2.44. The summed E-state index contributed by atoms with van der Waals surface area (Å²) in [4.78, 5) is 0. The average Bonchev–Trinajstić information content (AvgIpc) is 2.28. The normalized spacial score (nSPS) is 10.5. The van der Waals surface area contributed by atoms with Gasteiger partial charge in [-0.25, -0.2) is 0 Å². The molecule has 0 amide bonds. The Hall–Kier alpha value is -1.41. The molecule has 0 radical (unpaired) electrons. The Morgan fingerprint density at radius 1 is 0.722 bits per heavy atom. The lowest BCUT2D eigenvalue weighted by Gasteiger charge is -2.22. The molecule has 2 rings (SSSR count). The van der Waals surface area contributed by atoms with Crippen LogP contribution in [-0.2, 0) is 0 Å². The van der Waals surface area contributed by atoms with Crippen molar-refractivity contribution in [1.82, 2.24) is 0 Å². The van der Waals surface area contributed by atoms with Gasteiger partial charge in [0.2, 0.25) is 0 Å². The zero-order chi connectivity index (χ0) is 13.3. The van der Waals surface area contributed by atoms with Gasteiger partial charge in [-0.15, -0.1) is 0 Å². The lowest BCUT2D eigenvalue weighted by Crippen LogP contribution is -2.05. The van der Waals surface area contributed by atoms with Gasteiger partial charge in [0, 0.05) is 0 Å². The van der Waals surface area contributed by atoms with Crippen LogP contribution in [0.5, 0.6) is 0 Å². The van der Waals surface area contributed by atoms with Gasteiger partial charge in [0.05, 0.1) is 11.4 Å². The Morgan fingerprint density at radius 2 is 1.11 bits per heavy atom. The molecule has 1 nitrogen and oxygen atoms in total. The highest BCUT2D eigenvalue weighted by atomic mass is 32.1. The Bertz CT molecular complexity index is 524. The van der Waals surface area contributed by atoms with Crippen LogP contribution in [0.2, 0.25) is 0 Å². The largest absolute Gasteiger partial charge is 0.287 e. The maximum absolute atomic E-state index is 4.65. The van der Waals surface area contributed by atoms with Gasteiger partial charge in [0.15, 0.2) is 0 Å². The molecular weight excluding hydrogens is 238 g/mol. The summed E-state index contributed by atoms with van der Waals surface area (Å²) in [7, 11) is 0. The molecule has 0 unspecified atom stereocenters. The predicted octanol–water partition coefficient (Wildman–Crippen LogP) is 4.90. The molecule has 2 aromatic rings. The molecule has 0 atom stereocenters. The van der Waals surface area contributed by atoms with Gasteiger partial charge in [-0.3, -0.25) is 4.31 Å². The molecule has 2 aromatic carbocycles. The first-order valence-electron chi connectivity index (χ1n) is 6.12. The second-order valence-electron chi connectivity index (χ2n) is 4.89. The van der Waals surface area contributed by atoms with E-state index >= 15 is 0 Å². The fourth-order valence-electron chi connectivity index (χ4n) is 2.22. The van der Waals surface area contributed by atoms with Gasteiger partial charge in [-0.1, -0.05) is 48.2 Å². The Morgan fingerprint density at radius 3 is 1.44 bits per heavy atom. The standard InChI is InChI=1S/C16H19NS/c1-11-5-7-15(13(3)9-11)17(18)16-8-6-12(2)10-14(16)4/h5-10,18H,1-4H3. The van der Waals surface area contributed by atoms with Crippen LogP contribution in [-0.4, -0.2) is 0 Å². The topological polar surface area (TPSA) is 3.24 Å². The molecule has 0 aliphatic heterocycles. The first-order valence-corrected chi connectivity index (χ1v) is 6.52. The SMILES string of the molecule is Cc1ccc(N(S)c2ccc(C)cc2C)c(C)c1. The highest BCUT2D eigenvalue weighted by molar-refractivity contribution is 7.82. The van der Waals surface area contributed by atoms with Crippen molar-refractivity contribution < 1.29 is 0 Å². The minimum atomic E-state index is 1.14. The fraction of sp³-hybridized carbons (Fsp3) is 0.250. The van der Waals surface area contributed by atoms with Crippen molar-refractivity contribution in [3.63, 3.8) is 0 Å². The summed E-state index contributed by atoms with van der Waals surface area (Å²) in [6, 6.07) is 12.8. The summed E-state index contributed by atoms with van der Waals surface area (Å²) >= 11 is 4.65. The highest BCUT2D eigenvalue weighted by Gasteiger charge is 2.10. The number of nitrogens with zero attached hydrogens (tertiary/aromatic N) is 1. The summed E-state index contributed by atoms with van der Waals surface area (Å²) in [6.45, 7) is 8.46. The van der Waals surface area contributed by atoms with Crippen molar-refractivity contribution in [2.45, 2.75) is 27.7 Å². The van der Waals surface area contributed by atoms with Crippen LogP contribution in [0.3, 0.4) is 0 Å². The molecule has 0 heterocycles. The van der Waals surface area contributed by atoms with Crippen LogP contribution in [0.4, 0.5) is 11.4 Å². The number of benzene rings is 2. The van der Waals surface area contributed by atoms with Crippen LogP contribution in [0.15, 0.2) is 36.4 Å². The number of hydrogen-bond acceptors (Lipinski definition) is 2. The van der Waals surface area contributed by atoms with E-state index in [2.05, 4.69) is 76.9 Å². The Labute approximate surface area is 115 Å². The second-order valence-corrected chi connectivity index (χ2v) is 5.29. The molecule has 2 heteroatoms. The van der Waals surface area contributed by atoms with Gasteiger partial charge in [0.25, 0.3) is 0 Å². The van der Waals surface area contributed by atoms with Crippen LogP contribution in [0, 0.1) is 27.7 Å². The molecule has 0 N–H and O–H groups in total.